The first-order chi connectivity index (χ1) is 22.9. The summed E-state index contributed by atoms with van der Waals surface area (Å²) < 4.78 is 12.3. The number of phenolic OH excluding ortho intramolecular Hbond substituents is 1. The molecule has 3 fully saturated rings. The summed E-state index contributed by atoms with van der Waals surface area (Å²) in [7, 11) is 0. The summed E-state index contributed by atoms with van der Waals surface area (Å²) in [6.45, 7) is 8.35. The van der Waals surface area contributed by atoms with E-state index in [1.54, 1.807) is 43.3 Å². The van der Waals surface area contributed by atoms with Crippen LogP contribution in [0.5, 0.6) is 5.75 Å². The zero-order valence-electron chi connectivity index (χ0n) is 27.7. The average Bonchev–Trinajstić information content (AvgIpc) is 3.48. The minimum absolute atomic E-state index is 0.0187. The number of carbonyl (C=O) groups is 3. The molecule has 2 amide bonds. The number of aromatic hydroxyl groups is 1. The third-order valence-corrected chi connectivity index (χ3v) is 10.3. The number of likely N-dealkylation sites (tertiary alicyclic amines) is 1. The van der Waals surface area contributed by atoms with Crippen LogP contribution in [-0.2, 0) is 30.3 Å². The van der Waals surface area contributed by atoms with E-state index in [-0.39, 0.29) is 65.0 Å². The van der Waals surface area contributed by atoms with Gasteiger partial charge in [0.2, 0.25) is 5.91 Å². The van der Waals surface area contributed by atoms with Crippen LogP contribution in [0, 0.1) is 5.92 Å². The van der Waals surface area contributed by atoms with Crippen LogP contribution in [0.15, 0.2) is 42.5 Å². The molecule has 1 saturated carbocycles. The van der Waals surface area contributed by atoms with Crippen molar-refractivity contribution in [2.75, 3.05) is 31.6 Å². The molecular formula is C36H45Cl2N3O7. The van der Waals surface area contributed by atoms with Gasteiger partial charge in [0.15, 0.2) is 0 Å². The lowest BCUT2D eigenvalue weighted by Crippen LogP contribution is -2.51. The Morgan fingerprint density at radius 1 is 1.02 bits per heavy atom. The Morgan fingerprint density at radius 2 is 1.71 bits per heavy atom. The fraction of sp³-hybridized carbons (Fsp3) is 0.528. The second-order valence-corrected chi connectivity index (χ2v) is 14.0. The molecule has 4 atom stereocenters. The van der Waals surface area contributed by atoms with Crippen LogP contribution in [0.3, 0.4) is 0 Å². The molecule has 0 radical (unpaired) electrons. The summed E-state index contributed by atoms with van der Waals surface area (Å²) in [5, 5.41) is 22.9. The van der Waals surface area contributed by atoms with Crippen molar-refractivity contribution in [3.8, 4) is 5.75 Å². The highest BCUT2D eigenvalue weighted by Crippen LogP contribution is 2.34. The number of morpholine rings is 1. The predicted molar refractivity (Wildman–Crippen MR) is 185 cm³/mol. The van der Waals surface area contributed by atoms with E-state index in [9.17, 15) is 24.6 Å². The molecule has 260 valence electrons. The molecule has 2 heterocycles. The van der Waals surface area contributed by atoms with Crippen molar-refractivity contribution in [3.63, 3.8) is 0 Å². The molecule has 1 aliphatic carbocycles. The maximum atomic E-state index is 14.0. The van der Waals surface area contributed by atoms with Crippen LogP contribution in [0.4, 0.5) is 5.69 Å². The number of carboxylic acids is 1. The van der Waals surface area contributed by atoms with Crippen molar-refractivity contribution in [3.05, 3.63) is 63.6 Å². The number of allylic oxidation sites excluding steroid dienone is 1. The number of nitrogens with zero attached hydrogens (tertiary/aromatic N) is 2. The quantitative estimate of drug-likeness (QED) is 0.257. The van der Waals surface area contributed by atoms with Gasteiger partial charge in [0, 0.05) is 41.8 Å². The fourth-order valence-electron chi connectivity index (χ4n) is 7.24. The number of nitrogens with one attached hydrogen (secondary N) is 1. The van der Waals surface area contributed by atoms with Crippen LogP contribution in [0.1, 0.15) is 64.0 Å². The summed E-state index contributed by atoms with van der Waals surface area (Å²) >= 11 is 13.3. The van der Waals surface area contributed by atoms with Crippen LogP contribution in [0.2, 0.25) is 10.0 Å². The molecule has 3 aliphatic rings. The molecule has 0 aromatic heterocycles. The molecule has 0 unspecified atom stereocenters. The number of amides is 2. The first-order valence-electron chi connectivity index (χ1n) is 16.7. The number of rotatable bonds is 10. The Bertz CT molecular complexity index is 1520. The van der Waals surface area contributed by atoms with Gasteiger partial charge in [-0.2, -0.15) is 0 Å². The molecule has 10 nitrogen and oxygen atoms in total. The predicted octanol–water partition coefficient (Wildman–Crippen LogP) is 6.02. The summed E-state index contributed by atoms with van der Waals surface area (Å²) in [4.78, 5) is 42.8. The normalized spacial score (nSPS) is 26.8. The number of benzene rings is 2. The molecule has 3 N–H and O–H groups in total. The largest absolute Gasteiger partial charge is 0.507 e. The van der Waals surface area contributed by atoms with E-state index >= 15 is 0 Å². The Morgan fingerprint density at radius 3 is 2.35 bits per heavy atom. The minimum atomic E-state index is -0.748. The summed E-state index contributed by atoms with van der Waals surface area (Å²) in [5.41, 5.74) is 1.49. The zero-order chi connectivity index (χ0) is 34.5. The highest BCUT2D eigenvalue weighted by atomic mass is 35.5. The van der Waals surface area contributed by atoms with Gasteiger partial charge in [-0.3, -0.25) is 19.3 Å². The Kier molecular flexibility index (Phi) is 12.1. The van der Waals surface area contributed by atoms with E-state index in [4.69, 9.17) is 32.7 Å². The average molecular weight is 703 g/mol. The highest BCUT2D eigenvalue weighted by Gasteiger charge is 2.40. The third-order valence-electron chi connectivity index (χ3n) is 9.68. The number of aliphatic carboxylic acids is 1. The second kappa shape index (κ2) is 16.0. The number of phenols is 1. The smallest absolute Gasteiger partial charge is 0.306 e. The van der Waals surface area contributed by atoms with Crippen LogP contribution >= 0.6 is 23.2 Å². The molecule has 0 spiro atoms. The number of hydrogen-bond acceptors (Lipinski definition) is 7. The number of carboxylic acid groups (broad SMARTS) is 1. The number of ether oxygens (including phenoxy) is 2. The molecule has 12 heteroatoms. The van der Waals surface area contributed by atoms with Crippen molar-refractivity contribution in [2.45, 2.75) is 89.7 Å². The van der Waals surface area contributed by atoms with Crippen molar-refractivity contribution in [1.29, 1.82) is 0 Å². The zero-order valence-corrected chi connectivity index (χ0v) is 29.2. The Balaban J connectivity index is 1.27. The molecule has 48 heavy (non-hydrogen) atoms. The van der Waals surface area contributed by atoms with Crippen molar-refractivity contribution in [2.24, 2.45) is 5.92 Å². The van der Waals surface area contributed by atoms with Crippen molar-refractivity contribution < 1.29 is 34.1 Å². The standard InChI is InChI=1S/C36H45Cl2N3O7/c1-4-28(29-7-5-6-8-33(29)42)35(44)39-32-16-30(37)24(13-31(32)38)14-34(43)41-19-25(40-17-21(2)48-22(3)18-40)15-26(41)20-47-27-11-9-23(10-12-27)36(45)46/h4-8,13,16,21-23,25-27,42H,9-12,14-15,17-20H2,1-3H3,(H,39,44)(H,45,46)/b28-4+/t21-,22+,23?,25-,26-,27?/m0/s1. The third kappa shape index (κ3) is 8.71. The van der Waals surface area contributed by atoms with Gasteiger partial charge in [-0.25, -0.2) is 0 Å². The van der Waals surface area contributed by atoms with Crippen molar-refractivity contribution in [1.82, 2.24) is 9.80 Å². The number of hydrogen-bond donors (Lipinski definition) is 3. The highest BCUT2D eigenvalue weighted by molar-refractivity contribution is 6.37. The first kappa shape index (κ1) is 36.1. The van der Waals surface area contributed by atoms with E-state index in [1.165, 1.54) is 6.07 Å². The van der Waals surface area contributed by atoms with Crippen LogP contribution < -0.4 is 5.32 Å². The number of para-hydroxylation sites is 1. The van der Waals surface area contributed by atoms with E-state index < -0.39 is 11.9 Å². The van der Waals surface area contributed by atoms with Gasteiger partial charge in [0.25, 0.3) is 5.91 Å². The first-order valence-corrected chi connectivity index (χ1v) is 17.5. The van der Waals surface area contributed by atoms with Gasteiger partial charge in [0.1, 0.15) is 5.75 Å². The van der Waals surface area contributed by atoms with E-state index in [2.05, 4.69) is 24.1 Å². The van der Waals surface area contributed by atoms with E-state index in [0.29, 0.717) is 60.7 Å². The topological polar surface area (TPSA) is 129 Å². The lowest BCUT2D eigenvalue weighted by Gasteiger charge is -2.38. The second-order valence-electron chi connectivity index (χ2n) is 13.2. The molecule has 2 aromatic carbocycles. The van der Waals surface area contributed by atoms with Crippen LogP contribution in [-0.4, -0.2) is 94.4 Å². The lowest BCUT2D eigenvalue weighted by molar-refractivity contribution is -0.144. The van der Waals surface area contributed by atoms with Gasteiger partial charge in [-0.05, 0) is 76.6 Å². The molecule has 2 aromatic rings. The molecule has 5 rings (SSSR count). The van der Waals surface area contributed by atoms with Gasteiger partial charge in [0.05, 0.1) is 54.0 Å². The SMILES string of the molecule is C/C=C(/C(=O)Nc1cc(Cl)c(CC(=O)N2C[C@@H](N3C[C@@H](C)O[C@@H](C)C3)C[C@H]2COC2CCC(C(=O)O)CC2)cc1Cl)c1ccccc1O. The van der Waals surface area contributed by atoms with Crippen LogP contribution in [0.25, 0.3) is 5.57 Å². The Hall–Kier alpha value is -3.15. The maximum Gasteiger partial charge on any atom is 0.306 e. The maximum absolute atomic E-state index is 14.0. The molecule has 2 aliphatic heterocycles. The van der Waals surface area contributed by atoms with Crippen molar-refractivity contribution >= 4 is 52.2 Å². The molecule has 0 bridgehead atoms. The monoisotopic (exact) mass is 701 g/mol. The number of carbonyl (C=O) groups excluding carboxylic acids is 2. The van der Waals surface area contributed by atoms with E-state index in [1.807, 2.05) is 4.90 Å². The number of halogens is 2. The van der Waals surface area contributed by atoms with Gasteiger partial charge < -0.3 is 29.9 Å². The summed E-state index contributed by atoms with van der Waals surface area (Å²) in [6, 6.07) is 9.73. The van der Waals surface area contributed by atoms with Gasteiger partial charge in [-0.15, -0.1) is 0 Å². The lowest BCUT2D eigenvalue weighted by atomic mass is 9.87. The molecular weight excluding hydrogens is 657 g/mol. The fourth-order valence-corrected chi connectivity index (χ4v) is 7.71. The minimum Gasteiger partial charge on any atom is -0.507 e. The Labute approximate surface area is 292 Å². The number of anilines is 1. The van der Waals surface area contributed by atoms with Gasteiger partial charge >= 0.3 is 5.97 Å². The summed E-state index contributed by atoms with van der Waals surface area (Å²) in [5.74, 6) is -1.64. The molecule has 2 saturated heterocycles. The van der Waals surface area contributed by atoms with Gasteiger partial charge in [-0.1, -0.05) is 47.5 Å². The van der Waals surface area contributed by atoms with E-state index in [0.717, 1.165) is 19.5 Å². The summed E-state index contributed by atoms with van der Waals surface area (Å²) in [6.07, 6.45) is 5.14.